The Morgan fingerprint density at radius 1 is 0.967 bits per heavy atom. The zero-order chi connectivity index (χ0) is 21.5. The number of aromatic nitrogens is 1. The number of imide groups is 1. The van der Waals surface area contributed by atoms with Gasteiger partial charge >= 0.3 is 6.18 Å². The molecule has 0 saturated heterocycles. The van der Waals surface area contributed by atoms with Crippen LogP contribution in [-0.2, 0) is 12.6 Å². The Labute approximate surface area is 172 Å². The smallest absolute Gasteiger partial charge is 0.287 e. The number of ketones is 1. The average molecular weight is 430 g/mol. The molecule has 5 nitrogen and oxygen atoms in total. The minimum atomic E-state index is -4.49. The molecule has 2 heterocycles. The second kappa shape index (κ2) is 7.49. The minimum absolute atomic E-state index is 0.0713. The van der Waals surface area contributed by atoms with Gasteiger partial charge in [0.25, 0.3) is 11.8 Å². The molecule has 0 fully saturated rings. The molecule has 9 heteroatoms. The number of hydrogen-bond acceptors (Lipinski definition) is 5. The zero-order valence-corrected chi connectivity index (χ0v) is 16.1. The van der Waals surface area contributed by atoms with E-state index in [2.05, 4.69) is 4.98 Å². The van der Waals surface area contributed by atoms with E-state index in [4.69, 9.17) is 0 Å². The molecule has 0 spiro atoms. The van der Waals surface area contributed by atoms with Gasteiger partial charge in [0.15, 0.2) is 0 Å². The molecule has 0 saturated carbocycles. The first-order valence-corrected chi connectivity index (χ1v) is 9.75. The van der Waals surface area contributed by atoms with Gasteiger partial charge in [-0.3, -0.25) is 19.3 Å². The highest BCUT2D eigenvalue weighted by Crippen LogP contribution is 2.30. The lowest BCUT2D eigenvalue weighted by Gasteiger charge is -2.13. The van der Waals surface area contributed by atoms with Gasteiger partial charge in [-0.2, -0.15) is 13.2 Å². The monoisotopic (exact) mass is 430 g/mol. The molecule has 2 amide bonds. The van der Waals surface area contributed by atoms with Crippen LogP contribution in [0.1, 0.15) is 47.2 Å². The Kier molecular flexibility index (Phi) is 4.98. The van der Waals surface area contributed by atoms with Crippen molar-refractivity contribution in [2.45, 2.75) is 12.6 Å². The summed E-state index contributed by atoms with van der Waals surface area (Å²) in [6.07, 6.45) is -4.27. The summed E-state index contributed by atoms with van der Waals surface area (Å²) >= 11 is 1.19. The van der Waals surface area contributed by atoms with Crippen LogP contribution in [0.25, 0.3) is 0 Å². The van der Waals surface area contributed by atoms with Gasteiger partial charge < -0.3 is 0 Å². The van der Waals surface area contributed by atoms with Gasteiger partial charge in [0, 0.05) is 23.4 Å². The second-order valence-corrected chi connectivity index (χ2v) is 7.53. The van der Waals surface area contributed by atoms with E-state index in [0.29, 0.717) is 16.0 Å². The molecular formula is C21H13F3N2O3S. The van der Waals surface area contributed by atoms with E-state index < -0.39 is 29.3 Å². The number of fused-ring (bicyclic) bond motifs is 1. The minimum Gasteiger partial charge on any atom is -0.287 e. The van der Waals surface area contributed by atoms with Crippen LogP contribution in [0.15, 0.2) is 54.0 Å². The molecule has 0 unspecified atom stereocenters. The third-order valence-corrected chi connectivity index (χ3v) is 5.66. The predicted molar refractivity (Wildman–Crippen MR) is 103 cm³/mol. The average Bonchev–Trinajstić information content (AvgIpc) is 3.29. The SMILES string of the molecule is O=C(c1ccc(C(F)(F)F)cc1)c1ncsc1CCN1C(=O)c2ccccc2C1=O. The van der Waals surface area contributed by atoms with Crippen molar-refractivity contribution in [1.29, 1.82) is 0 Å². The number of benzene rings is 2. The molecule has 1 aliphatic heterocycles. The van der Waals surface area contributed by atoms with E-state index in [1.807, 2.05) is 0 Å². The van der Waals surface area contributed by atoms with Crippen LogP contribution in [0.4, 0.5) is 13.2 Å². The van der Waals surface area contributed by atoms with E-state index in [1.54, 1.807) is 24.3 Å². The number of carbonyl (C=O) groups is 3. The van der Waals surface area contributed by atoms with Crippen LogP contribution in [0, 0.1) is 0 Å². The molecule has 1 aromatic heterocycles. The molecule has 2 aromatic carbocycles. The summed E-state index contributed by atoms with van der Waals surface area (Å²) < 4.78 is 38.1. The predicted octanol–water partition coefficient (Wildman–Crippen LogP) is 4.23. The van der Waals surface area contributed by atoms with Crippen molar-refractivity contribution in [2.24, 2.45) is 0 Å². The number of hydrogen-bond donors (Lipinski definition) is 0. The Morgan fingerprint density at radius 3 is 2.13 bits per heavy atom. The number of amides is 2. The lowest BCUT2D eigenvalue weighted by Crippen LogP contribution is -2.31. The molecule has 3 aromatic rings. The standard InChI is InChI=1S/C21H13F3N2O3S/c22-21(23,24)13-7-5-12(6-8-13)18(27)17-16(30-11-25-17)9-10-26-19(28)14-3-1-2-4-15(14)20(26)29/h1-8,11H,9-10H2. The maximum Gasteiger partial charge on any atom is 0.416 e. The first-order valence-electron chi connectivity index (χ1n) is 8.87. The lowest BCUT2D eigenvalue weighted by atomic mass is 10.0. The zero-order valence-electron chi connectivity index (χ0n) is 15.3. The normalized spacial score (nSPS) is 13.6. The van der Waals surface area contributed by atoms with E-state index >= 15 is 0 Å². The highest BCUT2D eigenvalue weighted by Gasteiger charge is 2.35. The summed E-state index contributed by atoms with van der Waals surface area (Å²) in [5.74, 6) is -1.30. The fourth-order valence-corrected chi connectivity index (χ4v) is 3.99. The third kappa shape index (κ3) is 3.52. The van der Waals surface area contributed by atoms with Crippen molar-refractivity contribution >= 4 is 28.9 Å². The van der Waals surface area contributed by atoms with E-state index in [0.717, 1.165) is 29.2 Å². The topological polar surface area (TPSA) is 67.3 Å². The van der Waals surface area contributed by atoms with Crippen molar-refractivity contribution in [3.05, 3.63) is 86.9 Å². The highest BCUT2D eigenvalue weighted by molar-refractivity contribution is 7.10. The van der Waals surface area contributed by atoms with Gasteiger partial charge in [0.1, 0.15) is 5.69 Å². The number of halogens is 3. The summed E-state index contributed by atoms with van der Waals surface area (Å²) in [7, 11) is 0. The number of alkyl halides is 3. The Bertz CT molecular complexity index is 1120. The van der Waals surface area contributed by atoms with Crippen LogP contribution in [0.2, 0.25) is 0 Å². The summed E-state index contributed by atoms with van der Waals surface area (Å²) in [6.45, 7) is 0.0713. The molecule has 1 aliphatic rings. The molecule has 0 N–H and O–H groups in total. The van der Waals surface area contributed by atoms with Crippen molar-refractivity contribution in [3.63, 3.8) is 0 Å². The second-order valence-electron chi connectivity index (χ2n) is 6.59. The molecular weight excluding hydrogens is 417 g/mol. The highest BCUT2D eigenvalue weighted by atomic mass is 32.1. The fourth-order valence-electron chi connectivity index (χ4n) is 3.24. The Morgan fingerprint density at radius 2 is 1.57 bits per heavy atom. The van der Waals surface area contributed by atoms with Gasteiger partial charge in [0.05, 0.1) is 22.2 Å². The van der Waals surface area contributed by atoms with Crippen molar-refractivity contribution in [2.75, 3.05) is 6.54 Å². The van der Waals surface area contributed by atoms with E-state index in [9.17, 15) is 27.6 Å². The summed E-state index contributed by atoms with van der Waals surface area (Å²) in [5, 5.41) is 0. The number of rotatable bonds is 5. The van der Waals surface area contributed by atoms with Gasteiger partial charge in [-0.1, -0.05) is 24.3 Å². The first-order chi connectivity index (χ1) is 14.3. The molecule has 0 atom stereocenters. The van der Waals surface area contributed by atoms with Crippen LogP contribution >= 0.6 is 11.3 Å². The molecule has 152 valence electrons. The fraction of sp³-hybridized carbons (Fsp3) is 0.143. The molecule has 4 rings (SSSR count). The van der Waals surface area contributed by atoms with Crippen molar-refractivity contribution in [1.82, 2.24) is 9.88 Å². The molecule has 30 heavy (non-hydrogen) atoms. The van der Waals surface area contributed by atoms with Gasteiger partial charge in [-0.15, -0.1) is 11.3 Å². The Hall–Kier alpha value is -3.33. The van der Waals surface area contributed by atoms with Crippen molar-refractivity contribution in [3.8, 4) is 0 Å². The van der Waals surface area contributed by atoms with Gasteiger partial charge in [0.2, 0.25) is 5.78 Å². The number of nitrogens with zero attached hydrogens (tertiary/aromatic N) is 2. The maximum absolute atomic E-state index is 12.7. The summed E-state index contributed by atoms with van der Waals surface area (Å²) in [4.78, 5) is 43.3. The third-order valence-electron chi connectivity index (χ3n) is 4.77. The maximum atomic E-state index is 12.7. The van der Waals surface area contributed by atoms with E-state index in [-0.39, 0.29) is 24.2 Å². The van der Waals surface area contributed by atoms with E-state index in [1.165, 1.54) is 16.8 Å². The van der Waals surface area contributed by atoms with Crippen molar-refractivity contribution < 1.29 is 27.6 Å². The molecule has 0 bridgehead atoms. The Balaban J connectivity index is 1.50. The van der Waals surface area contributed by atoms with Crippen LogP contribution in [0.3, 0.4) is 0 Å². The van der Waals surface area contributed by atoms with Gasteiger partial charge in [-0.05, 0) is 24.3 Å². The lowest BCUT2D eigenvalue weighted by molar-refractivity contribution is -0.137. The molecule has 0 aliphatic carbocycles. The van der Waals surface area contributed by atoms with Crippen LogP contribution in [0.5, 0.6) is 0 Å². The number of thiazole rings is 1. The van der Waals surface area contributed by atoms with Crippen LogP contribution in [-0.4, -0.2) is 34.0 Å². The summed E-state index contributed by atoms with van der Waals surface area (Å²) in [5.41, 5.74) is 1.48. The largest absolute Gasteiger partial charge is 0.416 e. The summed E-state index contributed by atoms with van der Waals surface area (Å²) in [6, 6.07) is 10.4. The quantitative estimate of drug-likeness (QED) is 0.449. The number of carbonyl (C=O) groups excluding carboxylic acids is 3. The first kappa shape index (κ1) is 20.0. The molecule has 0 radical (unpaired) electrons. The van der Waals surface area contributed by atoms with Crippen LogP contribution < -0.4 is 0 Å². The van der Waals surface area contributed by atoms with Gasteiger partial charge in [-0.25, -0.2) is 4.98 Å².